The summed E-state index contributed by atoms with van der Waals surface area (Å²) in [4.78, 5) is 23.0. The molecular formula is C23H26ClN5O2. The molecule has 3 aromatic rings. The van der Waals surface area contributed by atoms with Crippen molar-refractivity contribution in [3.8, 4) is 22.5 Å². The second-order valence-corrected chi connectivity index (χ2v) is 8.53. The van der Waals surface area contributed by atoms with Crippen LogP contribution < -0.4 is 0 Å². The number of piperidine rings is 1. The van der Waals surface area contributed by atoms with Gasteiger partial charge in [0.15, 0.2) is 0 Å². The first-order valence-corrected chi connectivity index (χ1v) is 10.9. The van der Waals surface area contributed by atoms with Crippen LogP contribution in [0.15, 0.2) is 42.9 Å². The van der Waals surface area contributed by atoms with E-state index in [-0.39, 0.29) is 11.8 Å². The number of hydrogen-bond donors (Lipinski definition) is 2. The fraction of sp³-hybridized carbons (Fsp3) is 0.391. The lowest BCUT2D eigenvalue weighted by atomic mass is 9.88. The Bertz CT molecular complexity index is 1030. The van der Waals surface area contributed by atoms with Gasteiger partial charge in [-0.15, -0.1) is 0 Å². The number of aliphatic hydroxyl groups is 1. The van der Waals surface area contributed by atoms with Crippen LogP contribution in [0.1, 0.15) is 38.3 Å². The maximum Gasteiger partial charge on any atom is 0.227 e. The van der Waals surface area contributed by atoms with Crippen LogP contribution in [-0.2, 0) is 4.79 Å². The van der Waals surface area contributed by atoms with Crippen LogP contribution in [0.3, 0.4) is 0 Å². The van der Waals surface area contributed by atoms with Gasteiger partial charge in [0, 0.05) is 47.0 Å². The monoisotopic (exact) mass is 439 g/mol. The van der Waals surface area contributed by atoms with Gasteiger partial charge in [0.25, 0.3) is 0 Å². The summed E-state index contributed by atoms with van der Waals surface area (Å²) in [7, 11) is 0. The number of aromatic amines is 1. The van der Waals surface area contributed by atoms with E-state index in [1.807, 2.05) is 35.2 Å². The molecule has 4 rings (SSSR count). The average Bonchev–Trinajstić information content (AvgIpc) is 3.24. The van der Waals surface area contributed by atoms with E-state index >= 15 is 0 Å². The SMILES string of the molecule is C[C@H](O)[C@@H](C)C(=O)N1CCC(c2[nH]nc(-c3ccc(Cl)cc3)c2-c2ccncn2)CC1. The molecule has 1 saturated heterocycles. The molecule has 2 N–H and O–H groups in total. The summed E-state index contributed by atoms with van der Waals surface area (Å²) in [5.74, 6) is -0.155. The Hall–Kier alpha value is -2.77. The Balaban J connectivity index is 1.62. The number of halogens is 1. The maximum atomic E-state index is 12.6. The number of likely N-dealkylation sites (tertiary alicyclic amines) is 1. The quantitative estimate of drug-likeness (QED) is 0.628. The highest BCUT2D eigenvalue weighted by atomic mass is 35.5. The molecule has 0 radical (unpaired) electrons. The number of H-pyrrole nitrogens is 1. The van der Waals surface area contributed by atoms with Crippen LogP contribution in [0.5, 0.6) is 0 Å². The van der Waals surface area contributed by atoms with Crippen LogP contribution >= 0.6 is 11.6 Å². The Labute approximate surface area is 186 Å². The van der Waals surface area contributed by atoms with Crippen molar-refractivity contribution in [1.29, 1.82) is 0 Å². The predicted molar refractivity (Wildman–Crippen MR) is 119 cm³/mol. The minimum absolute atomic E-state index is 0.0101. The number of carbonyl (C=O) groups excluding carboxylic acids is 1. The molecule has 0 spiro atoms. The molecule has 0 bridgehead atoms. The van der Waals surface area contributed by atoms with Gasteiger partial charge in [-0.05, 0) is 38.0 Å². The van der Waals surface area contributed by atoms with Crippen LogP contribution in [0.4, 0.5) is 0 Å². The van der Waals surface area contributed by atoms with Gasteiger partial charge in [-0.1, -0.05) is 30.7 Å². The molecule has 1 aliphatic heterocycles. The van der Waals surface area contributed by atoms with E-state index < -0.39 is 12.0 Å². The number of nitrogens with zero attached hydrogens (tertiary/aromatic N) is 4. The van der Waals surface area contributed by atoms with E-state index in [0.29, 0.717) is 18.1 Å². The van der Waals surface area contributed by atoms with Crippen LogP contribution in [0.25, 0.3) is 22.5 Å². The summed E-state index contributed by atoms with van der Waals surface area (Å²) in [6, 6.07) is 9.49. The molecule has 7 nitrogen and oxygen atoms in total. The first-order valence-electron chi connectivity index (χ1n) is 10.5. The Morgan fingerprint density at radius 2 is 1.90 bits per heavy atom. The first kappa shape index (κ1) is 21.5. The number of aliphatic hydroxyl groups excluding tert-OH is 1. The third kappa shape index (κ3) is 4.48. The molecule has 0 unspecified atom stereocenters. The third-order valence-corrected chi connectivity index (χ3v) is 6.33. The minimum Gasteiger partial charge on any atom is -0.393 e. The Morgan fingerprint density at radius 3 is 2.52 bits per heavy atom. The topological polar surface area (TPSA) is 95.0 Å². The summed E-state index contributed by atoms with van der Waals surface area (Å²) in [5.41, 5.74) is 4.58. The summed E-state index contributed by atoms with van der Waals surface area (Å²) < 4.78 is 0. The van der Waals surface area contributed by atoms with Gasteiger partial charge in [0.1, 0.15) is 12.0 Å². The van der Waals surface area contributed by atoms with Crippen molar-refractivity contribution in [2.75, 3.05) is 13.1 Å². The van der Waals surface area contributed by atoms with Gasteiger partial charge >= 0.3 is 0 Å². The number of hydrogen-bond acceptors (Lipinski definition) is 5. The first-order chi connectivity index (χ1) is 15.0. The minimum atomic E-state index is -0.649. The molecule has 8 heteroatoms. The molecular weight excluding hydrogens is 414 g/mol. The smallest absolute Gasteiger partial charge is 0.227 e. The molecule has 31 heavy (non-hydrogen) atoms. The van der Waals surface area contributed by atoms with Gasteiger partial charge in [-0.2, -0.15) is 5.10 Å². The number of aromatic nitrogens is 4. The molecule has 2 aromatic heterocycles. The van der Waals surface area contributed by atoms with Crippen molar-refractivity contribution in [2.45, 2.75) is 38.7 Å². The molecule has 2 atom stereocenters. The molecule has 0 aliphatic carbocycles. The normalized spacial score (nSPS) is 16.8. The number of carbonyl (C=O) groups is 1. The molecule has 1 amide bonds. The Morgan fingerprint density at radius 1 is 1.19 bits per heavy atom. The molecule has 3 heterocycles. The van der Waals surface area contributed by atoms with Gasteiger partial charge in [0.2, 0.25) is 5.91 Å². The predicted octanol–water partition coefficient (Wildman–Crippen LogP) is 3.91. The standard InChI is InChI=1S/C23H26ClN5O2/c1-14(15(2)30)23(31)29-11-8-17(9-12-29)22-20(19-7-10-25-13-26-19)21(27-28-22)16-3-5-18(24)6-4-16/h3-7,10,13-15,17,30H,8-9,11-12H2,1-2H3,(H,27,28)/t14-,15+/m1/s1. The number of nitrogens with one attached hydrogen (secondary N) is 1. The fourth-order valence-corrected chi connectivity index (χ4v) is 4.17. The van der Waals surface area contributed by atoms with Crippen molar-refractivity contribution in [3.05, 3.63) is 53.6 Å². The van der Waals surface area contributed by atoms with Crippen LogP contribution in [0, 0.1) is 5.92 Å². The van der Waals surface area contributed by atoms with E-state index in [9.17, 15) is 9.90 Å². The van der Waals surface area contributed by atoms with Gasteiger partial charge in [-0.3, -0.25) is 9.89 Å². The van der Waals surface area contributed by atoms with E-state index in [1.165, 1.54) is 6.33 Å². The zero-order valence-electron chi connectivity index (χ0n) is 17.6. The number of amides is 1. The van der Waals surface area contributed by atoms with Gasteiger partial charge < -0.3 is 10.0 Å². The molecule has 1 aliphatic rings. The van der Waals surface area contributed by atoms with E-state index in [2.05, 4.69) is 20.2 Å². The third-order valence-electron chi connectivity index (χ3n) is 6.08. The molecule has 0 saturated carbocycles. The highest BCUT2D eigenvalue weighted by Crippen LogP contribution is 2.39. The number of rotatable bonds is 5. The number of benzene rings is 1. The van der Waals surface area contributed by atoms with Gasteiger partial charge in [0.05, 0.1) is 17.7 Å². The zero-order valence-corrected chi connectivity index (χ0v) is 18.4. The maximum absolute atomic E-state index is 12.6. The van der Waals surface area contributed by atoms with Crippen molar-refractivity contribution in [3.63, 3.8) is 0 Å². The van der Waals surface area contributed by atoms with Crippen LogP contribution in [0.2, 0.25) is 5.02 Å². The van der Waals surface area contributed by atoms with Crippen molar-refractivity contribution in [1.82, 2.24) is 25.1 Å². The van der Waals surface area contributed by atoms with E-state index in [0.717, 1.165) is 41.1 Å². The lowest BCUT2D eigenvalue weighted by molar-refractivity contribution is -0.139. The van der Waals surface area contributed by atoms with E-state index in [4.69, 9.17) is 11.6 Å². The van der Waals surface area contributed by atoms with E-state index in [1.54, 1.807) is 20.0 Å². The van der Waals surface area contributed by atoms with Crippen molar-refractivity contribution >= 4 is 17.5 Å². The molecule has 1 aromatic carbocycles. The highest BCUT2D eigenvalue weighted by molar-refractivity contribution is 6.30. The fourth-order valence-electron chi connectivity index (χ4n) is 4.05. The van der Waals surface area contributed by atoms with Gasteiger partial charge in [-0.25, -0.2) is 9.97 Å². The summed E-state index contributed by atoms with van der Waals surface area (Å²) in [6.07, 6.45) is 4.25. The van der Waals surface area contributed by atoms with Crippen molar-refractivity contribution in [2.24, 2.45) is 5.92 Å². The largest absolute Gasteiger partial charge is 0.393 e. The van der Waals surface area contributed by atoms with Crippen molar-refractivity contribution < 1.29 is 9.90 Å². The summed E-state index contributed by atoms with van der Waals surface area (Å²) in [5, 5.41) is 18.3. The second kappa shape index (κ2) is 9.16. The zero-order chi connectivity index (χ0) is 22.0. The second-order valence-electron chi connectivity index (χ2n) is 8.09. The summed E-state index contributed by atoms with van der Waals surface area (Å²) >= 11 is 6.07. The Kier molecular flexibility index (Phi) is 6.34. The lowest BCUT2D eigenvalue weighted by Gasteiger charge is -2.34. The lowest BCUT2D eigenvalue weighted by Crippen LogP contribution is -2.43. The highest BCUT2D eigenvalue weighted by Gasteiger charge is 2.31. The molecule has 162 valence electrons. The summed E-state index contributed by atoms with van der Waals surface area (Å²) in [6.45, 7) is 4.74. The molecule has 1 fully saturated rings. The average molecular weight is 440 g/mol. The van der Waals surface area contributed by atoms with Crippen LogP contribution in [-0.4, -0.2) is 55.3 Å².